The zero-order valence-electron chi connectivity index (χ0n) is 23.0. The maximum absolute atomic E-state index is 13.0. The number of rotatable bonds is 13. The number of nitrogens with one attached hydrogen (secondary N) is 1. The Labute approximate surface area is 259 Å². The van der Waals surface area contributed by atoms with E-state index in [0.29, 0.717) is 12.0 Å². The average molecular weight is 647 g/mol. The minimum Gasteiger partial charge on any atom is -0.459 e. The summed E-state index contributed by atoms with van der Waals surface area (Å²) in [6, 6.07) is 15.1. The number of unbranched alkanes of at least 4 members (excludes halogenated alkanes) is 3. The number of alkyl carbamates (subject to hydrolysis) is 1. The van der Waals surface area contributed by atoms with Crippen molar-refractivity contribution < 1.29 is 43.2 Å². The van der Waals surface area contributed by atoms with Crippen molar-refractivity contribution in [3.8, 4) is 0 Å². The zero-order valence-corrected chi connectivity index (χ0v) is 25.2. The first-order chi connectivity index (χ1) is 20.1. The molecule has 42 heavy (non-hydrogen) atoms. The molecule has 10 nitrogen and oxygen atoms in total. The lowest BCUT2D eigenvalue weighted by Crippen LogP contribution is -2.66. The highest BCUT2D eigenvalue weighted by atomic mass is 35.6. The Morgan fingerprint density at radius 1 is 0.905 bits per heavy atom. The van der Waals surface area contributed by atoms with E-state index >= 15 is 0 Å². The molecule has 2 N–H and O–H groups in total. The van der Waals surface area contributed by atoms with Gasteiger partial charge in [0, 0.05) is 6.61 Å². The van der Waals surface area contributed by atoms with Crippen LogP contribution in [0.3, 0.4) is 0 Å². The monoisotopic (exact) mass is 645 g/mol. The van der Waals surface area contributed by atoms with Crippen LogP contribution in [0.2, 0.25) is 0 Å². The molecule has 2 aromatic rings. The van der Waals surface area contributed by atoms with Crippen LogP contribution >= 0.6 is 34.8 Å². The molecule has 2 aromatic carbocycles. The number of aliphatic hydroxyl groups is 1. The van der Waals surface area contributed by atoms with Crippen molar-refractivity contribution >= 4 is 52.8 Å². The van der Waals surface area contributed by atoms with Gasteiger partial charge in [-0.15, -0.1) is 0 Å². The molecule has 13 heteroatoms. The summed E-state index contributed by atoms with van der Waals surface area (Å²) in [4.78, 5) is 38.3. The van der Waals surface area contributed by atoms with Crippen LogP contribution in [0.25, 0.3) is 0 Å². The van der Waals surface area contributed by atoms with Gasteiger partial charge in [-0.2, -0.15) is 0 Å². The molecule has 1 amide bonds. The van der Waals surface area contributed by atoms with Crippen molar-refractivity contribution in [1.82, 2.24) is 5.32 Å². The molecule has 0 radical (unpaired) electrons. The van der Waals surface area contributed by atoms with Gasteiger partial charge in [0.25, 0.3) is 0 Å². The van der Waals surface area contributed by atoms with Crippen molar-refractivity contribution in [2.24, 2.45) is 0 Å². The highest BCUT2D eigenvalue weighted by Gasteiger charge is 2.49. The van der Waals surface area contributed by atoms with E-state index in [9.17, 15) is 19.5 Å². The van der Waals surface area contributed by atoms with Crippen LogP contribution in [0, 0.1) is 0 Å². The lowest BCUT2D eigenvalue weighted by atomic mass is 9.96. The molecule has 0 unspecified atom stereocenters. The van der Waals surface area contributed by atoms with Crippen LogP contribution in [-0.4, -0.2) is 77.4 Å². The van der Waals surface area contributed by atoms with Gasteiger partial charge in [0.15, 0.2) is 12.4 Å². The van der Waals surface area contributed by atoms with Crippen LogP contribution in [0.5, 0.6) is 0 Å². The zero-order chi connectivity index (χ0) is 30.5. The van der Waals surface area contributed by atoms with Crippen LogP contribution in [0.1, 0.15) is 53.3 Å². The summed E-state index contributed by atoms with van der Waals surface area (Å²) in [6.07, 6.45) is -2.83. The Morgan fingerprint density at radius 3 is 2.12 bits per heavy atom. The maximum Gasteiger partial charge on any atom is 0.407 e. The standard InChI is InChI=1S/C29H34Cl3NO9/c1-2-3-4-11-16-38-27-22(33-28(37)40-18-29(30,31)32)24(42-26(36)20-14-9-6-10-15-20)23(34)21(41-27)17-39-25(35)19-12-7-5-8-13-19/h5-10,12-15,21-24,27,34H,2-4,11,16-18H2,1H3,(H,33,37)/t21-,22-,23-,24-,27-/m1/s1. The third-order valence-corrected chi connectivity index (χ3v) is 6.57. The van der Waals surface area contributed by atoms with E-state index in [4.69, 9.17) is 58.5 Å². The molecular formula is C29H34Cl3NO9. The van der Waals surface area contributed by atoms with Crippen molar-refractivity contribution in [3.05, 3.63) is 71.8 Å². The molecule has 1 heterocycles. The summed E-state index contributed by atoms with van der Waals surface area (Å²) >= 11 is 17.1. The van der Waals surface area contributed by atoms with Gasteiger partial charge < -0.3 is 34.1 Å². The van der Waals surface area contributed by atoms with E-state index in [0.717, 1.165) is 19.3 Å². The molecule has 0 spiro atoms. The minimum atomic E-state index is -1.87. The number of halogens is 3. The summed E-state index contributed by atoms with van der Waals surface area (Å²) < 4.78 is 26.2. The second-order valence-electron chi connectivity index (χ2n) is 9.53. The lowest BCUT2D eigenvalue weighted by molar-refractivity contribution is -0.269. The Kier molecular flexibility index (Phi) is 13.6. The Morgan fingerprint density at radius 2 is 1.52 bits per heavy atom. The molecule has 1 fully saturated rings. The SMILES string of the molecule is CCCCCCO[C@@H]1O[C@H](COC(=O)c2ccccc2)[C@@H](O)[C@H](OC(=O)c2ccccc2)[C@H]1NC(=O)OCC(Cl)(Cl)Cl. The molecule has 3 rings (SSSR count). The van der Waals surface area contributed by atoms with Gasteiger partial charge >= 0.3 is 18.0 Å². The first-order valence-electron chi connectivity index (χ1n) is 13.5. The van der Waals surface area contributed by atoms with Crippen molar-refractivity contribution in [2.45, 2.75) is 67.0 Å². The molecule has 230 valence electrons. The number of carbonyl (C=O) groups excluding carboxylic acids is 3. The molecule has 1 saturated heterocycles. The van der Waals surface area contributed by atoms with E-state index in [1.807, 2.05) is 0 Å². The van der Waals surface area contributed by atoms with Gasteiger partial charge in [0.2, 0.25) is 3.79 Å². The smallest absolute Gasteiger partial charge is 0.407 e. The molecule has 0 aliphatic carbocycles. The lowest BCUT2D eigenvalue weighted by Gasteiger charge is -2.43. The molecule has 0 saturated carbocycles. The summed E-state index contributed by atoms with van der Waals surface area (Å²) in [6.45, 7) is 1.34. The highest BCUT2D eigenvalue weighted by molar-refractivity contribution is 6.67. The third kappa shape index (κ3) is 10.9. The van der Waals surface area contributed by atoms with Gasteiger partial charge in [0.1, 0.15) is 31.5 Å². The molecular weight excluding hydrogens is 613 g/mol. The first kappa shape index (κ1) is 33.9. The fourth-order valence-corrected chi connectivity index (χ4v) is 4.29. The van der Waals surface area contributed by atoms with E-state index in [2.05, 4.69) is 12.2 Å². The largest absolute Gasteiger partial charge is 0.459 e. The average Bonchev–Trinajstić information content (AvgIpc) is 2.98. The predicted octanol–water partition coefficient (Wildman–Crippen LogP) is 5.22. The second-order valence-corrected chi connectivity index (χ2v) is 12.0. The molecule has 1 aliphatic heterocycles. The van der Waals surface area contributed by atoms with Crippen LogP contribution in [-0.2, 0) is 23.7 Å². The normalized spacial score (nSPS) is 22.2. The number of alkyl halides is 3. The fourth-order valence-electron chi connectivity index (χ4n) is 4.13. The van der Waals surface area contributed by atoms with Crippen LogP contribution in [0.4, 0.5) is 4.79 Å². The Hall–Kier alpha value is -2.60. The number of ether oxygens (including phenoxy) is 5. The van der Waals surface area contributed by atoms with Gasteiger partial charge in [-0.3, -0.25) is 0 Å². The number of amides is 1. The van der Waals surface area contributed by atoms with Crippen LogP contribution < -0.4 is 5.32 Å². The summed E-state index contributed by atoms with van der Waals surface area (Å²) in [5, 5.41) is 13.8. The summed E-state index contributed by atoms with van der Waals surface area (Å²) in [5.74, 6) is -1.42. The van der Waals surface area contributed by atoms with Crippen molar-refractivity contribution in [2.75, 3.05) is 19.8 Å². The molecule has 0 aromatic heterocycles. The molecule has 5 atom stereocenters. The number of hydrogen-bond donors (Lipinski definition) is 2. The Balaban J connectivity index is 1.83. The van der Waals surface area contributed by atoms with Gasteiger partial charge in [-0.25, -0.2) is 14.4 Å². The quantitative estimate of drug-likeness (QED) is 0.130. The fraction of sp³-hybridized carbons (Fsp3) is 0.483. The summed E-state index contributed by atoms with van der Waals surface area (Å²) in [5.41, 5.74) is 0.507. The Bertz CT molecular complexity index is 1130. The minimum absolute atomic E-state index is 0.206. The number of hydrogen-bond acceptors (Lipinski definition) is 9. The van der Waals surface area contributed by atoms with Gasteiger partial charge in [-0.05, 0) is 30.7 Å². The van der Waals surface area contributed by atoms with Crippen molar-refractivity contribution in [1.29, 1.82) is 0 Å². The second kappa shape index (κ2) is 16.9. The third-order valence-electron chi connectivity index (χ3n) is 6.25. The topological polar surface area (TPSA) is 130 Å². The highest BCUT2D eigenvalue weighted by Crippen LogP contribution is 2.28. The molecule has 0 bridgehead atoms. The van der Waals surface area contributed by atoms with E-state index in [-0.39, 0.29) is 12.2 Å². The number of benzene rings is 2. The van der Waals surface area contributed by atoms with Gasteiger partial charge in [-0.1, -0.05) is 97.4 Å². The number of esters is 2. The number of carbonyl (C=O) groups is 3. The van der Waals surface area contributed by atoms with E-state index in [1.54, 1.807) is 48.5 Å². The van der Waals surface area contributed by atoms with Gasteiger partial charge in [0.05, 0.1) is 11.1 Å². The maximum atomic E-state index is 13.0. The van der Waals surface area contributed by atoms with E-state index < -0.39 is 65.7 Å². The predicted molar refractivity (Wildman–Crippen MR) is 156 cm³/mol. The first-order valence-corrected chi connectivity index (χ1v) is 14.7. The van der Waals surface area contributed by atoms with Crippen molar-refractivity contribution in [3.63, 3.8) is 0 Å². The van der Waals surface area contributed by atoms with E-state index in [1.165, 1.54) is 12.1 Å². The summed E-state index contributed by atoms with van der Waals surface area (Å²) in [7, 11) is 0. The van der Waals surface area contributed by atoms with Crippen LogP contribution in [0.15, 0.2) is 60.7 Å². The number of aliphatic hydroxyl groups excluding tert-OH is 1. The molecule has 1 aliphatic rings.